The maximum atomic E-state index is 13.9. The first-order chi connectivity index (χ1) is 10.2. The van der Waals surface area contributed by atoms with Gasteiger partial charge in [-0.05, 0) is 23.8 Å². The Hall–Kier alpha value is -1.98. The molecule has 1 aromatic heterocycles. The number of hydrogen-bond donors (Lipinski definition) is 1. The summed E-state index contributed by atoms with van der Waals surface area (Å²) in [7, 11) is 0. The summed E-state index contributed by atoms with van der Waals surface area (Å²) in [6, 6.07) is 11.2. The van der Waals surface area contributed by atoms with Gasteiger partial charge < -0.3 is 5.73 Å². The lowest BCUT2D eigenvalue weighted by molar-refractivity contribution is 0.565. The molecule has 0 spiro atoms. The lowest BCUT2D eigenvalue weighted by atomic mass is 10.1. The highest BCUT2D eigenvalue weighted by atomic mass is 32.2. The Morgan fingerprint density at radius 1 is 1.10 bits per heavy atom. The van der Waals surface area contributed by atoms with E-state index in [4.69, 9.17) is 5.73 Å². The van der Waals surface area contributed by atoms with Crippen molar-refractivity contribution in [3.8, 4) is 0 Å². The largest absolute Gasteiger partial charge is 0.326 e. The van der Waals surface area contributed by atoms with Crippen LogP contribution in [0, 0.1) is 11.6 Å². The minimum atomic E-state index is -0.588. The van der Waals surface area contributed by atoms with Crippen LogP contribution < -0.4 is 5.73 Å². The van der Waals surface area contributed by atoms with Crippen molar-refractivity contribution in [2.75, 3.05) is 0 Å². The molecule has 0 fully saturated rings. The summed E-state index contributed by atoms with van der Waals surface area (Å²) in [4.78, 5) is 5.56. The molecule has 0 radical (unpaired) electrons. The summed E-state index contributed by atoms with van der Waals surface area (Å²) in [6.07, 6.45) is 1.70. The van der Waals surface area contributed by atoms with E-state index < -0.39 is 11.6 Å². The van der Waals surface area contributed by atoms with Crippen molar-refractivity contribution in [2.45, 2.75) is 16.3 Å². The standard InChI is InChI=1S/C16H12F2N2S/c17-11-5-6-15(13(18)7-11)21-16-10(8-19)9-20-14-4-2-1-3-12(14)16/h1-7,9H,8,19H2. The van der Waals surface area contributed by atoms with Crippen LogP contribution in [0.2, 0.25) is 0 Å². The van der Waals surface area contributed by atoms with Gasteiger partial charge in [-0.1, -0.05) is 30.0 Å². The Balaban J connectivity index is 2.14. The Labute approximate surface area is 125 Å². The van der Waals surface area contributed by atoms with E-state index in [-0.39, 0.29) is 0 Å². The highest BCUT2D eigenvalue weighted by Crippen LogP contribution is 2.36. The number of nitrogens with two attached hydrogens (primary N) is 1. The second kappa shape index (κ2) is 5.79. The van der Waals surface area contributed by atoms with Gasteiger partial charge in [0.15, 0.2) is 0 Å². The zero-order valence-electron chi connectivity index (χ0n) is 11.0. The number of pyridine rings is 1. The van der Waals surface area contributed by atoms with Gasteiger partial charge in [0, 0.05) is 34.0 Å². The summed E-state index contributed by atoms with van der Waals surface area (Å²) in [6.45, 7) is 0.309. The number of hydrogen-bond acceptors (Lipinski definition) is 3. The van der Waals surface area contributed by atoms with Crippen LogP contribution >= 0.6 is 11.8 Å². The number of rotatable bonds is 3. The van der Waals surface area contributed by atoms with Gasteiger partial charge in [-0.15, -0.1) is 0 Å². The van der Waals surface area contributed by atoms with Gasteiger partial charge in [-0.3, -0.25) is 4.98 Å². The van der Waals surface area contributed by atoms with Crippen LogP contribution in [-0.4, -0.2) is 4.98 Å². The van der Waals surface area contributed by atoms with E-state index in [1.165, 1.54) is 23.9 Å². The minimum Gasteiger partial charge on any atom is -0.326 e. The van der Waals surface area contributed by atoms with E-state index in [1.807, 2.05) is 24.3 Å². The summed E-state index contributed by atoms with van der Waals surface area (Å²) in [5, 5.41) is 0.911. The molecule has 0 atom stereocenters. The molecule has 0 saturated carbocycles. The van der Waals surface area contributed by atoms with Crippen LogP contribution in [0.5, 0.6) is 0 Å². The molecule has 3 aromatic rings. The molecule has 3 rings (SSSR count). The molecular weight excluding hydrogens is 290 g/mol. The number of benzene rings is 2. The predicted octanol–water partition coefficient (Wildman–Crippen LogP) is 4.12. The molecule has 0 aliphatic heterocycles. The van der Waals surface area contributed by atoms with Gasteiger partial charge in [0.05, 0.1) is 5.52 Å². The topological polar surface area (TPSA) is 38.9 Å². The first kappa shape index (κ1) is 14.0. The van der Waals surface area contributed by atoms with E-state index in [1.54, 1.807) is 6.20 Å². The van der Waals surface area contributed by atoms with Crippen LogP contribution in [0.4, 0.5) is 8.78 Å². The third-order valence-corrected chi connectivity index (χ3v) is 4.36. The molecular formula is C16H12F2N2S. The normalized spacial score (nSPS) is 11.0. The average molecular weight is 302 g/mol. The molecule has 2 N–H and O–H groups in total. The average Bonchev–Trinajstić information content (AvgIpc) is 2.50. The van der Waals surface area contributed by atoms with E-state index in [0.29, 0.717) is 11.4 Å². The second-order valence-corrected chi connectivity index (χ2v) is 5.56. The van der Waals surface area contributed by atoms with Crippen molar-refractivity contribution in [3.05, 3.63) is 65.9 Å². The van der Waals surface area contributed by atoms with Gasteiger partial charge in [0.25, 0.3) is 0 Å². The number of aromatic nitrogens is 1. The molecule has 0 bridgehead atoms. The Bertz CT molecular complexity index is 805. The van der Waals surface area contributed by atoms with Crippen molar-refractivity contribution in [1.82, 2.24) is 4.98 Å². The summed E-state index contributed by atoms with van der Waals surface area (Å²) in [5.41, 5.74) is 7.41. The van der Waals surface area contributed by atoms with E-state index >= 15 is 0 Å². The number of para-hydroxylation sites is 1. The van der Waals surface area contributed by atoms with Gasteiger partial charge in [0.1, 0.15) is 11.6 Å². The van der Waals surface area contributed by atoms with Gasteiger partial charge in [-0.2, -0.15) is 0 Å². The molecule has 2 aromatic carbocycles. The highest BCUT2D eigenvalue weighted by Gasteiger charge is 2.12. The first-order valence-electron chi connectivity index (χ1n) is 6.38. The predicted molar refractivity (Wildman–Crippen MR) is 80.1 cm³/mol. The maximum Gasteiger partial charge on any atom is 0.140 e. The molecule has 0 unspecified atom stereocenters. The lowest BCUT2D eigenvalue weighted by Gasteiger charge is -2.11. The third-order valence-electron chi connectivity index (χ3n) is 3.13. The molecule has 0 saturated heterocycles. The van der Waals surface area contributed by atoms with Crippen LogP contribution in [0.1, 0.15) is 5.56 Å². The molecule has 5 heteroatoms. The SMILES string of the molecule is NCc1cnc2ccccc2c1Sc1ccc(F)cc1F. The minimum absolute atomic E-state index is 0.309. The monoisotopic (exact) mass is 302 g/mol. The zero-order chi connectivity index (χ0) is 14.8. The van der Waals surface area contributed by atoms with E-state index in [9.17, 15) is 8.78 Å². The number of nitrogens with zero attached hydrogens (tertiary/aromatic N) is 1. The lowest BCUT2D eigenvalue weighted by Crippen LogP contribution is -2.00. The highest BCUT2D eigenvalue weighted by molar-refractivity contribution is 7.99. The van der Waals surface area contributed by atoms with Crippen LogP contribution in [0.25, 0.3) is 10.9 Å². The fourth-order valence-corrected chi connectivity index (χ4v) is 3.15. The molecule has 21 heavy (non-hydrogen) atoms. The molecule has 0 amide bonds. The number of halogens is 2. The fraction of sp³-hybridized carbons (Fsp3) is 0.0625. The molecule has 2 nitrogen and oxygen atoms in total. The van der Waals surface area contributed by atoms with E-state index in [2.05, 4.69) is 4.98 Å². The zero-order valence-corrected chi connectivity index (χ0v) is 11.8. The molecule has 0 aliphatic carbocycles. The van der Waals surface area contributed by atoms with E-state index in [0.717, 1.165) is 27.4 Å². The molecule has 0 aliphatic rings. The van der Waals surface area contributed by atoms with Crippen molar-refractivity contribution in [3.63, 3.8) is 0 Å². The van der Waals surface area contributed by atoms with Crippen molar-refractivity contribution in [1.29, 1.82) is 0 Å². The maximum absolute atomic E-state index is 13.9. The summed E-state index contributed by atoms with van der Waals surface area (Å²) in [5.74, 6) is -1.17. The van der Waals surface area contributed by atoms with Crippen molar-refractivity contribution in [2.24, 2.45) is 5.73 Å². The Kier molecular flexibility index (Phi) is 3.86. The van der Waals surface area contributed by atoms with Crippen molar-refractivity contribution < 1.29 is 8.78 Å². The quantitative estimate of drug-likeness (QED) is 0.791. The fourth-order valence-electron chi connectivity index (χ4n) is 2.09. The summed E-state index contributed by atoms with van der Waals surface area (Å²) >= 11 is 1.24. The van der Waals surface area contributed by atoms with Gasteiger partial charge in [0.2, 0.25) is 0 Å². The van der Waals surface area contributed by atoms with Crippen LogP contribution in [0.15, 0.2) is 58.5 Å². The van der Waals surface area contributed by atoms with Crippen LogP contribution in [-0.2, 0) is 6.54 Å². The first-order valence-corrected chi connectivity index (χ1v) is 7.20. The number of fused-ring (bicyclic) bond motifs is 1. The van der Waals surface area contributed by atoms with Crippen molar-refractivity contribution >= 4 is 22.7 Å². The Morgan fingerprint density at radius 2 is 1.90 bits per heavy atom. The van der Waals surface area contributed by atoms with Crippen LogP contribution in [0.3, 0.4) is 0 Å². The smallest absolute Gasteiger partial charge is 0.140 e. The molecule has 106 valence electrons. The Morgan fingerprint density at radius 3 is 2.67 bits per heavy atom. The third kappa shape index (κ3) is 2.75. The van der Waals surface area contributed by atoms with Gasteiger partial charge >= 0.3 is 0 Å². The molecule has 1 heterocycles. The second-order valence-electron chi connectivity index (χ2n) is 4.51. The van der Waals surface area contributed by atoms with Gasteiger partial charge in [-0.25, -0.2) is 8.78 Å². The summed E-state index contributed by atoms with van der Waals surface area (Å²) < 4.78 is 26.9.